The quantitative estimate of drug-likeness (QED) is 0.750. The van der Waals surface area contributed by atoms with Crippen molar-refractivity contribution in [3.63, 3.8) is 0 Å². The summed E-state index contributed by atoms with van der Waals surface area (Å²) in [7, 11) is -1.68. The second kappa shape index (κ2) is 8.55. The summed E-state index contributed by atoms with van der Waals surface area (Å²) in [6.07, 6.45) is 1.16. The van der Waals surface area contributed by atoms with Gasteiger partial charge in [0.15, 0.2) is 9.84 Å². The van der Waals surface area contributed by atoms with Gasteiger partial charge in [0, 0.05) is 49.6 Å². The van der Waals surface area contributed by atoms with E-state index in [0.717, 1.165) is 36.2 Å². The number of hydrogen-bond donors (Lipinski definition) is 0. The third-order valence-electron chi connectivity index (χ3n) is 5.61. The molecule has 0 radical (unpaired) electrons. The molecule has 0 bridgehead atoms. The van der Waals surface area contributed by atoms with E-state index in [9.17, 15) is 13.2 Å². The number of piperazine rings is 1. The fourth-order valence-electron chi connectivity index (χ4n) is 3.75. The second-order valence-corrected chi connectivity index (χ2v) is 9.51. The molecule has 1 heterocycles. The van der Waals surface area contributed by atoms with Crippen LogP contribution in [-0.2, 0) is 9.84 Å². The normalized spacial score (nSPS) is 16.5. The largest absolute Gasteiger partial charge is 0.496 e. The Hall–Kier alpha value is -2.38. The van der Waals surface area contributed by atoms with Crippen LogP contribution in [0.5, 0.6) is 5.75 Å². The van der Waals surface area contributed by atoms with Gasteiger partial charge in [0.1, 0.15) is 5.75 Å². The average molecular weight is 417 g/mol. The van der Waals surface area contributed by atoms with Crippen LogP contribution in [0.4, 0.5) is 0 Å². The molecular formula is C22H28N2O4S. The van der Waals surface area contributed by atoms with Gasteiger partial charge in [0.2, 0.25) is 0 Å². The van der Waals surface area contributed by atoms with Gasteiger partial charge in [-0.25, -0.2) is 8.42 Å². The van der Waals surface area contributed by atoms with Gasteiger partial charge in [0.05, 0.1) is 12.0 Å². The third kappa shape index (κ3) is 4.62. The van der Waals surface area contributed by atoms with Crippen molar-refractivity contribution in [2.45, 2.75) is 24.8 Å². The molecule has 0 saturated carbocycles. The Morgan fingerprint density at radius 3 is 2.34 bits per heavy atom. The monoisotopic (exact) mass is 416 g/mol. The van der Waals surface area contributed by atoms with E-state index >= 15 is 0 Å². The molecule has 29 heavy (non-hydrogen) atoms. The van der Waals surface area contributed by atoms with Crippen LogP contribution in [-0.4, -0.2) is 63.7 Å². The Morgan fingerprint density at radius 2 is 1.72 bits per heavy atom. The fraction of sp³-hybridized carbons (Fsp3) is 0.409. The lowest BCUT2D eigenvalue weighted by Crippen LogP contribution is -2.49. The smallest absolute Gasteiger partial charge is 0.254 e. The van der Waals surface area contributed by atoms with E-state index in [4.69, 9.17) is 4.74 Å². The maximum absolute atomic E-state index is 13.0. The molecule has 2 aromatic carbocycles. The van der Waals surface area contributed by atoms with Gasteiger partial charge in [-0.2, -0.15) is 0 Å². The van der Waals surface area contributed by atoms with Crippen molar-refractivity contribution in [3.05, 3.63) is 59.2 Å². The second-order valence-electron chi connectivity index (χ2n) is 7.49. The molecule has 1 amide bonds. The zero-order valence-corrected chi connectivity index (χ0v) is 18.2. The molecule has 1 aliphatic rings. The predicted octanol–water partition coefficient (Wildman–Crippen LogP) is 2.93. The van der Waals surface area contributed by atoms with Crippen molar-refractivity contribution < 1.29 is 17.9 Å². The Morgan fingerprint density at radius 1 is 1.07 bits per heavy atom. The van der Waals surface area contributed by atoms with E-state index in [0.29, 0.717) is 18.7 Å². The lowest BCUT2D eigenvalue weighted by Gasteiger charge is -2.38. The summed E-state index contributed by atoms with van der Waals surface area (Å²) in [5.74, 6) is 0.754. The highest BCUT2D eigenvalue weighted by Crippen LogP contribution is 2.29. The number of rotatable bonds is 5. The molecule has 7 heteroatoms. The number of carbonyl (C=O) groups is 1. The summed E-state index contributed by atoms with van der Waals surface area (Å²) < 4.78 is 29.2. The first-order valence-electron chi connectivity index (χ1n) is 9.69. The van der Waals surface area contributed by atoms with E-state index < -0.39 is 9.84 Å². The number of hydrogen-bond acceptors (Lipinski definition) is 5. The molecule has 6 nitrogen and oxygen atoms in total. The molecule has 1 aliphatic heterocycles. The Labute approximate surface area is 173 Å². The molecule has 156 valence electrons. The minimum atomic E-state index is -3.35. The van der Waals surface area contributed by atoms with Crippen LogP contribution in [0.25, 0.3) is 0 Å². The van der Waals surface area contributed by atoms with Gasteiger partial charge < -0.3 is 9.64 Å². The van der Waals surface area contributed by atoms with Gasteiger partial charge in [-0.1, -0.05) is 24.3 Å². The van der Waals surface area contributed by atoms with Gasteiger partial charge >= 0.3 is 0 Å². The Bertz CT molecular complexity index is 996. The highest BCUT2D eigenvalue weighted by molar-refractivity contribution is 7.90. The van der Waals surface area contributed by atoms with Crippen molar-refractivity contribution in [2.75, 3.05) is 39.5 Å². The van der Waals surface area contributed by atoms with Crippen LogP contribution >= 0.6 is 0 Å². The first-order valence-corrected chi connectivity index (χ1v) is 11.6. The predicted molar refractivity (Wildman–Crippen MR) is 113 cm³/mol. The molecule has 0 aliphatic carbocycles. The van der Waals surface area contributed by atoms with E-state index in [1.807, 2.05) is 25.1 Å². The number of benzene rings is 2. The maximum Gasteiger partial charge on any atom is 0.254 e. The zero-order chi connectivity index (χ0) is 21.2. The minimum Gasteiger partial charge on any atom is -0.496 e. The lowest BCUT2D eigenvalue weighted by atomic mass is 10.0. The highest BCUT2D eigenvalue weighted by Gasteiger charge is 2.27. The number of ether oxygens (including phenoxy) is 1. The SMILES string of the molecule is COc1ccccc1C(C)N1CCN(C(=O)c2cc(S(C)(=O)=O)ccc2C)CC1. The number of para-hydroxylation sites is 1. The first kappa shape index (κ1) is 21.3. The number of carbonyl (C=O) groups excluding carboxylic acids is 1. The first-order chi connectivity index (χ1) is 13.7. The molecular weight excluding hydrogens is 388 g/mol. The summed E-state index contributed by atoms with van der Waals surface area (Å²) in [6.45, 7) is 6.67. The van der Waals surface area contributed by atoms with E-state index in [2.05, 4.69) is 17.9 Å². The van der Waals surface area contributed by atoms with Crippen LogP contribution in [0.3, 0.4) is 0 Å². The van der Waals surface area contributed by atoms with E-state index in [-0.39, 0.29) is 16.8 Å². The Balaban J connectivity index is 1.72. The van der Waals surface area contributed by atoms with Crippen molar-refractivity contribution in [2.24, 2.45) is 0 Å². The minimum absolute atomic E-state index is 0.113. The standard InChI is InChI=1S/C22H28N2O4S/c1-16-9-10-18(29(4,26)27)15-20(16)22(25)24-13-11-23(12-14-24)17(2)19-7-5-6-8-21(19)28-3/h5-10,15,17H,11-14H2,1-4H3. The third-order valence-corrected chi connectivity index (χ3v) is 6.72. The van der Waals surface area contributed by atoms with Crippen LogP contribution in [0, 0.1) is 6.92 Å². The van der Waals surface area contributed by atoms with E-state index in [1.165, 1.54) is 6.07 Å². The number of nitrogens with zero attached hydrogens (tertiary/aromatic N) is 2. The number of sulfone groups is 1. The summed E-state index contributed by atoms with van der Waals surface area (Å²) in [5, 5.41) is 0. The topological polar surface area (TPSA) is 66.9 Å². The summed E-state index contributed by atoms with van der Waals surface area (Å²) in [5.41, 5.74) is 2.37. The van der Waals surface area contributed by atoms with Gasteiger partial charge in [0.25, 0.3) is 5.91 Å². The van der Waals surface area contributed by atoms with Crippen molar-refractivity contribution >= 4 is 15.7 Å². The highest BCUT2D eigenvalue weighted by atomic mass is 32.2. The molecule has 1 atom stereocenters. The summed E-state index contributed by atoms with van der Waals surface area (Å²) in [4.78, 5) is 17.4. The zero-order valence-electron chi connectivity index (χ0n) is 17.4. The van der Waals surface area contributed by atoms with Crippen LogP contribution in [0.15, 0.2) is 47.4 Å². The van der Waals surface area contributed by atoms with Gasteiger partial charge in [-0.15, -0.1) is 0 Å². The van der Waals surface area contributed by atoms with Gasteiger partial charge in [-0.3, -0.25) is 9.69 Å². The number of methoxy groups -OCH3 is 1. The van der Waals surface area contributed by atoms with Crippen LogP contribution in [0.2, 0.25) is 0 Å². The maximum atomic E-state index is 13.0. The van der Waals surface area contributed by atoms with Crippen molar-refractivity contribution in [3.8, 4) is 5.75 Å². The molecule has 2 aromatic rings. The molecule has 1 unspecified atom stereocenters. The van der Waals surface area contributed by atoms with Crippen LogP contribution < -0.4 is 4.74 Å². The Kier molecular flexibility index (Phi) is 6.29. The summed E-state index contributed by atoms with van der Waals surface area (Å²) in [6, 6.07) is 12.9. The molecule has 0 N–H and O–H groups in total. The number of aryl methyl sites for hydroxylation is 1. The average Bonchev–Trinajstić information content (AvgIpc) is 2.72. The van der Waals surface area contributed by atoms with Crippen molar-refractivity contribution in [1.82, 2.24) is 9.80 Å². The lowest BCUT2D eigenvalue weighted by molar-refractivity contribution is 0.0579. The molecule has 1 fully saturated rings. The summed E-state index contributed by atoms with van der Waals surface area (Å²) >= 11 is 0. The molecule has 0 aromatic heterocycles. The molecule has 0 spiro atoms. The fourth-order valence-corrected chi connectivity index (χ4v) is 4.40. The number of amides is 1. The molecule has 1 saturated heterocycles. The van der Waals surface area contributed by atoms with Gasteiger partial charge in [-0.05, 0) is 37.6 Å². The van der Waals surface area contributed by atoms with Crippen LogP contribution in [0.1, 0.15) is 34.5 Å². The van der Waals surface area contributed by atoms with E-state index in [1.54, 1.807) is 24.1 Å². The van der Waals surface area contributed by atoms with Crippen molar-refractivity contribution in [1.29, 1.82) is 0 Å². The molecule has 3 rings (SSSR count).